The Morgan fingerprint density at radius 1 is 1.00 bits per heavy atom. The van der Waals surface area contributed by atoms with Gasteiger partial charge in [0.15, 0.2) is 0 Å². The number of alkyl carbamates (subject to hydrolysis) is 1. The van der Waals surface area contributed by atoms with Gasteiger partial charge in [-0.25, -0.2) is 9.59 Å². The summed E-state index contributed by atoms with van der Waals surface area (Å²) in [7, 11) is 0. The first-order valence-corrected chi connectivity index (χ1v) is 16.3. The molecule has 2 aromatic rings. The van der Waals surface area contributed by atoms with Crippen molar-refractivity contribution in [2.75, 3.05) is 6.54 Å². The van der Waals surface area contributed by atoms with Crippen LogP contribution in [0, 0.1) is 5.92 Å². The van der Waals surface area contributed by atoms with E-state index in [2.05, 4.69) is 15.8 Å². The molecule has 5 rings (SSSR count). The van der Waals surface area contributed by atoms with Crippen LogP contribution in [0.1, 0.15) is 76.8 Å². The summed E-state index contributed by atoms with van der Waals surface area (Å²) in [6, 6.07) is 17.1. The number of carbonyl (C=O) groups excluding carboxylic acids is 3. The zero-order valence-electron chi connectivity index (χ0n) is 27.2. The third-order valence-corrected chi connectivity index (χ3v) is 8.70. The molecular weight excluding hydrogens is 600 g/mol. The number of amides is 3. The minimum absolute atomic E-state index is 0.0210. The van der Waals surface area contributed by atoms with Crippen LogP contribution in [-0.2, 0) is 24.0 Å². The van der Waals surface area contributed by atoms with Crippen LogP contribution in [0.15, 0.2) is 78.0 Å². The lowest BCUT2D eigenvalue weighted by molar-refractivity contribution is -0.145. The lowest BCUT2D eigenvalue weighted by Gasteiger charge is -2.30. The van der Waals surface area contributed by atoms with Crippen molar-refractivity contribution in [1.29, 1.82) is 0 Å². The van der Waals surface area contributed by atoms with Gasteiger partial charge in [-0.2, -0.15) is 0 Å². The topological polar surface area (TPSA) is 147 Å². The third kappa shape index (κ3) is 8.38. The Bertz CT molecular complexity index is 1460. The van der Waals surface area contributed by atoms with Gasteiger partial charge >= 0.3 is 12.1 Å². The predicted octanol–water partition coefficient (Wildman–Crippen LogP) is 4.80. The van der Waals surface area contributed by atoms with Gasteiger partial charge in [0, 0.05) is 23.5 Å². The van der Waals surface area contributed by atoms with Gasteiger partial charge in [0.25, 0.3) is 0 Å². The van der Waals surface area contributed by atoms with Gasteiger partial charge in [0.2, 0.25) is 11.8 Å². The maximum Gasteiger partial charge on any atom is 0.408 e. The Kier molecular flexibility index (Phi) is 10.3. The number of nitrogens with one attached hydrogen (secondary N) is 2. The Morgan fingerprint density at radius 3 is 2.28 bits per heavy atom. The van der Waals surface area contributed by atoms with Gasteiger partial charge in [-0.1, -0.05) is 90.8 Å². The fourth-order valence-electron chi connectivity index (χ4n) is 6.18. The second-order valence-corrected chi connectivity index (χ2v) is 13.5. The molecule has 1 aliphatic carbocycles. The average Bonchev–Trinajstić information content (AvgIpc) is 3.56. The Labute approximate surface area is 275 Å². The summed E-state index contributed by atoms with van der Waals surface area (Å²) in [5, 5.41) is 20.1. The first-order valence-electron chi connectivity index (χ1n) is 16.3. The van der Waals surface area contributed by atoms with Crippen molar-refractivity contribution in [3.05, 3.63) is 83.9 Å². The molecule has 0 aromatic heterocycles. The van der Waals surface area contributed by atoms with E-state index in [4.69, 9.17) is 9.57 Å². The van der Waals surface area contributed by atoms with E-state index in [0.29, 0.717) is 18.6 Å². The lowest BCUT2D eigenvalue weighted by Crippen LogP contribution is -2.56. The number of oxime groups is 1. The fourth-order valence-corrected chi connectivity index (χ4v) is 6.18. The number of hydrogen-bond acceptors (Lipinski definition) is 7. The number of fused-ring (bicyclic) bond motifs is 2. The van der Waals surface area contributed by atoms with E-state index in [9.17, 15) is 24.3 Å². The Morgan fingerprint density at radius 2 is 1.66 bits per heavy atom. The smallest absolute Gasteiger partial charge is 0.408 e. The van der Waals surface area contributed by atoms with Gasteiger partial charge in [-0.15, -0.1) is 0 Å². The number of carbonyl (C=O) groups is 4. The van der Waals surface area contributed by atoms with Crippen LogP contribution in [0.2, 0.25) is 0 Å². The largest absolute Gasteiger partial charge is 0.479 e. The molecule has 5 atom stereocenters. The van der Waals surface area contributed by atoms with Gasteiger partial charge in [-0.05, 0) is 46.5 Å². The number of ether oxygens (including phenoxy) is 1. The number of aliphatic carboxylic acids is 1. The van der Waals surface area contributed by atoms with Gasteiger partial charge in [0.05, 0.1) is 6.54 Å². The van der Waals surface area contributed by atoms with E-state index in [1.807, 2.05) is 72.8 Å². The SMILES string of the molecule is CC(C)(C)OC(=O)N[C@H]1CCCCC/C=C\[C@@H]2CC2(C(=O)O)NC(=O)[C@@H]2C[C@@H](ON=C(c3ccccc3)c3ccccc3)CN2C1=O. The number of allylic oxidation sites excluding steroid dienone is 1. The molecule has 11 nitrogen and oxygen atoms in total. The Balaban J connectivity index is 1.44. The number of benzene rings is 2. The summed E-state index contributed by atoms with van der Waals surface area (Å²) in [5.74, 6) is -2.48. The summed E-state index contributed by atoms with van der Waals surface area (Å²) in [6.07, 6.45) is 6.21. The minimum atomic E-state index is -1.43. The van der Waals surface area contributed by atoms with Crippen LogP contribution in [0.3, 0.4) is 0 Å². The van der Waals surface area contributed by atoms with Crippen LogP contribution in [0.25, 0.3) is 0 Å². The second kappa shape index (κ2) is 14.4. The highest BCUT2D eigenvalue weighted by Gasteiger charge is 2.61. The number of hydrogen-bond donors (Lipinski definition) is 3. The molecule has 47 heavy (non-hydrogen) atoms. The molecule has 0 radical (unpaired) electrons. The summed E-state index contributed by atoms with van der Waals surface area (Å²) in [6.45, 7) is 5.24. The number of nitrogens with zero attached hydrogens (tertiary/aromatic N) is 2. The molecular formula is C36H44N4O7. The van der Waals surface area contributed by atoms with Gasteiger partial charge in [0.1, 0.15) is 35.0 Å². The molecule has 2 aliphatic heterocycles. The molecule has 3 amide bonds. The molecule has 3 N–H and O–H groups in total. The molecule has 2 heterocycles. The molecule has 1 saturated carbocycles. The monoisotopic (exact) mass is 644 g/mol. The van der Waals surface area contributed by atoms with Gasteiger partial charge < -0.3 is 30.2 Å². The van der Waals surface area contributed by atoms with Crippen LogP contribution in [0.4, 0.5) is 4.79 Å². The summed E-state index contributed by atoms with van der Waals surface area (Å²) in [5.41, 5.74) is 0.0550. The number of carboxylic acids is 1. The summed E-state index contributed by atoms with van der Waals surface area (Å²) < 4.78 is 5.46. The zero-order chi connectivity index (χ0) is 33.6. The third-order valence-electron chi connectivity index (χ3n) is 8.70. The average molecular weight is 645 g/mol. The fraction of sp³-hybridized carbons (Fsp3) is 0.472. The van der Waals surface area contributed by atoms with Gasteiger partial charge in [-0.3, -0.25) is 9.59 Å². The maximum absolute atomic E-state index is 14.2. The van der Waals surface area contributed by atoms with E-state index in [0.717, 1.165) is 30.4 Å². The van der Waals surface area contributed by atoms with Crippen molar-refractivity contribution in [1.82, 2.24) is 15.5 Å². The quantitative estimate of drug-likeness (QED) is 0.233. The highest BCUT2D eigenvalue weighted by Crippen LogP contribution is 2.45. The second-order valence-electron chi connectivity index (χ2n) is 13.5. The van der Waals surface area contributed by atoms with Crippen molar-refractivity contribution in [3.8, 4) is 0 Å². The minimum Gasteiger partial charge on any atom is -0.479 e. The molecule has 250 valence electrons. The lowest BCUT2D eigenvalue weighted by atomic mass is 10.0. The molecule has 1 unspecified atom stereocenters. The van der Waals surface area contributed by atoms with Crippen LogP contribution >= 0.6 is 0 Å². The maximum atomic E-state index is 14.2. The zero-order valence-corrected chi connectivity index (χ0v) is 27.2. The first kappa shape index (κ1) is 33.7. The van der Waals surface area contributed by atoms with Crippen LogP contribution < -0.4 is 10.6 Å². The summed E-state index contributed by atoms with van der Waals surface area (Å²) in [4.78, 5) is 60.8. The van der Waals surface area contributed by atoms with Crippen molar-refractivity contribution in [3.63, 3.8) is 0 Å². The highest BCUT2D eigenvalue weighted by atomic mass is 16.6. The molecule has 0 spiro atoms. The van der Waals surface area contributed by atoms with E-state index >= 15 is 0 Å². The van der Waals surface area contributed by atoms with Crippen molar-refractivity contribution >= 4 is 29.6 Å². The Hall–Kier alpha value is -4.67. The summed E-state index contributed by atoms with van der Waals surface area (Å²) >= 11 is 0. The van der Waals surface area contributed by atoms with E-state index in [-0.39, 0.29) is 25.3 Å². The molecule has 2 aromatic carbocycles. The van der Waals surface area contributed by atoms with E-state index < -0.39 is 53.2 Å². The van der Waals surface area contributed by atoms with Crippen molar-refractivity contribution < 1.29 is 33.9 Å². The first-order chi connectivity index (χ1) is 22.5. The molecule has 11 heteroatoms. The standard InChI is InChI=1S/C36H44N4O7/c1-35(2,3)46-34(45)37-28-20-14-6-4-5-13-19-26-22-36(26,33(43)44)38-31(41)29-21-27(23-40(29)32(28)42)47-39-30(24-15-9-7-10-16-24)25-17-11-8-12-18-25/h7-13,15-19,26-29H,4-6,14,20-23H2,1-3H3,(H,37,45)(H,38,41)(H,43,44)/b19-13-/t26-,27-,28+,29+,36?/m1/s1. The predicted molar refractivity (Wildman–Crippen MR) is 176 cm³/mol. The molecule has 1 saturated heterocycles. The van der Waals surface area contributed by atoms with Crippen LogP contribution in [-0.4, -0.2) is 75.5 Å². The van der Waals surface area contributed by atoms with E-state index in [1.54, 1.807) is 20.8 Å². The highest BCUT2D eigenvalue weighted by molar-refractivity contribution is 6.12. The molecule has 3 aliphatic rings. The molecule has 0 bridgehead atoms. The normalized spacial score (nSPS) is 27.1. The number of rotatable bonds is 6. The number of carboxylic acid groups (broad SMARTS) is 1. The van der Waals surface area contributed by atoms with Crippen molar-refractivity contribution in [2.24, 2.45) is 11.1 Å². The van der Waals surface area contributed by atoms with Crippen molar-refractivity contribution in [2.45, 2.75) is 95.0 Å². The van der Waals surface area contributed by atoms with Crippen LogP contribution in [0.5, 0.6) is 0 Å². The van der Waals surface area contributed by atoms with E-state index in [1.165, 1.54) is 4.90 Å². The molecule has 2 fully saturated rings.